The molecule has 10 nitrogen and oxygen atoms in total. The number of methoxy groups -OCH3 is 1. The van der Waals surface area contributed by atoms with Gasteiger partial charge in [-0.1, -0.05) is 53.5 Å². The van der Waals surface area contributed by atoms with Crippen molar-refractivity contribution in [1.29, 1.82) is 0 Å². The Bertz CT molecular complexity index is 2050. The smallest absolute Gasteiger partial charge is 0.280 e. The molecule has 5 aromatic rings. The molecule has 1 fully saturated rings. The van der Waals surface area contributed by atoms with E-state index < -0.39 is 11.4 Å². The molecule has 1 saturated heterocycles. The maximum Gasteiger partial charge on any atom is 0.280 e. The van der Waals surface area contributed by atoms with Gasteiger partial charge in [0, 0.05) is 43.5 Å². The molecule has 0 saturated carbocycles. The van der Waals surface area contributed by atoms with Crippen molar-refractivity contribution >= 4 is 34.3 Å². The van der Waals surface area contributed by atoms with Crippen LogP contribution in [-0.4, -0.2) is 62.6 Å². The van der Waals surface area contributed by atoms with E-state index in [0.29, 0.717) is 47.4 Å². The van der Waals surface area contributed by atoms with Crippen LogP contribution in [0.2, 0.25) is 10.0 Å². The van der Waals surface area contributed by atoms with Crippen LogP contribution < -0.4 is 15.0 Å². The Balaban J connectivity index is 1.19. The molecule has 2 aliphatic rings. The molecular formula is C34H31Cl2FN4O6. The van der Waals surface area contributed by atoms with Crippen LogP contribution in [0.15, 0.2) is 57.9 Å². The number of β-amino-alcohol motifs (C(OH)–C–C–N with tert-alkyl or cyclic N) is 1. The summed E-state index contributed by atoms with van der Waals surface area (Å²) in [6.45, 7) is 1.54. The zero-order valence-electron chi connectivity index (χ0n) is 25.4. The van der Waals surface area contributed by atoms with Gasteiger partial charge in [0.15, 0.2) is 16.9 Å². The van der Waals surface area contributed by atoms with Crippen molar-refractivity contribution < 1.29 is 28.5 Å². The third-order valence-corrected chi connectivity index (χ3v) is 9.40. The van der Waals surface area contributed by atoms with Gasteiger partial charge in [-0.25, -0.2) is 9.37 Å². The molecule has 1 aliphatic carbocycles. The van der Waals surface area contributed by atoms with Crippen LogP contribution in [0, 0.1) is 5.82 Å². The summed E-state index contributed by atoms with van der Waals surface area (Å²) in [6, 6.07) is 13.1. The summed E-state index contributed by atoms with van der Waals surface area (Å²) in [5, 5.41) is 19.9. The van der Waals surface area contributed by atoms with Gasteiger partial charge in [0.25, 0.3) is 5.56 Å². The van der Waals surface area contributed by atoms with E-state index in [1.807, 2.05) is 30.3 Å². The first kappa shape index (κ1) is 31.6. The van der Waals surface area contributed by atoms with E-state index in [1.165, 1.54) is 0 Å². The SMILES string of the molecule is COc1nc(O[C@H]2CCc3c(-c4cccc(-c5nc6c(=O)n(CCO)cc(F)c6o5)c4Cl)cccc32)c(Cl)cc1CN1CC[C@@H](O)C1. The molecule has 13 heteroatoms. The van der Waals surface area contributed by atoms with Gasteiger partial charge in [0.1, 0.15) is 11.1 Å². The van der Waals surface area contributed by atoms with Gasteiger partial charge in [-0.05, 0) is 48.1 Å². The van der Waals surface area contributed by atoms with E-state index in [4.69, 9.17) is 37.1 Å². The number of oxazole rings is 1. The summed E-state index contributed by atoms with van der Waals surface area (Å²) >= 11 is 13.6. The minimum Gasteiger partial charge on any atom is -0.481 e. The minimum absolute atomic E-state index is 0.0115. The van der Waals surface area contributed by atoms with Crippen LogP contribution >= 0.6 is 23.2 Å². The molecule has 0 unspecified atom stereocenters. The second-order valence-corrected chi connectivity index (χ2v) is 12.5. The number of nitrogens with zero attached hydrogens (tertiary/aromatic N) is 4. The second kappa shape index (κ2) is 12.9. The van der Waals surface area contributed by atoms with Gasteiger partial charge in [-0.3, -0.25) is 9.69 Å². The van der Waals surface area contributed by atoms with Gasteiger partial charge in [-0.15, -0.1) is 0 Å². The lowest BCUT2D eigenvalue weighted by molar-refractivity contribution is 0.174. The molecule has 3 aromatic heterocycles. The lowest BCUT2D eigenvalue weighted by atomic mass is 9.95. The third kappa shape index (κ3) is 5.87. The fourth-order valence-corrected chi connectivity index (χ4v) is 7.03. The predicted molar refractivity (Wildman–Crippen MR) is 175 cm³/mol. The second-order valence-electron chi connectivity index (χ2n) is 11.7. The standard InChI is InChI=1S/C34H31Cl2FN4O6/c1-45-31-18(15-40-11-10-19(43)16-40)14-25(35)33(39-31)46-27-9-8-21-20(4-2-5-22(21)27)23-6-3-7-24(28(23)36)32-38-29-30(47-32)26(37)17-41(12-13-42)34(29)44/h2-7,14,17,19,27,42-43H,8-13,15-16H2,1H3/t19-,27+/m1/s1. The molecule has 244 valence electrons. The summed E-state index contributed by atoms with van der Waals surface area (Å²) in [6.07, 6.45) is 2.46. The van der Waals surface area contributed by atoms with Gasteiger partial charge < -0.3 is 28.7 Å². The van der Waals surface area contributed by atoms with Crippen LogP contribution in [0.5, 0.6) is 11.8 Å². The molecular weight excluding hydrogens is 650 g/mol. The molecule has 47 heavy (non-hydrogen) atoms. The average Bonchev–Trinajstić information content (AvgIpc) is 3.80. The van der Waals surface area contributed by atoms with Crippen LogP contribution in [0.4, 0.5) is 4.39 Å². The summed E-state index contributed by atoms with van der Waals surface area (Å²) in [4.78, 5) is 23.9. The van der Waals surface area contributed by atoms with E-state index in [1.54, 1.807) is 19.2 Å². The fraction of sp³-hybridized carbons (Fsp3) is 0.324. The normalized spacial score (nSPS) is 17.8. The van der Waals surface area contributed by atoms with Crippen molar-refractivity contribution in [2.24, 2.45) is 0 Å². The van der Waals surface area contributed by atoms with Crippen molar-refractivity contribution in [1.82, 2.24) is 19.4 Å². The summed E-state index contributed by atoms with van der Waals surface area (Å²) in [7, 11) is 1.56. The van der Waals surface area contributed by atoms with E-state index in [0.717, 1.165) is 51.5 Å². The number of aliphatic hydroxyl groups is 2. The van der Waals surface area contributed by atoms with E-state index in [2.05, 4.69) is 14.9 Å². The van der Waals surface area contributed by atoms with Crippen molar-refractivity contribution in [2.45, 2.75) is 44.6 Å². The molecule has 7 rings (SSSR count). The van der Waals surface area contributed by atoms with Gasteiger partial charge >= 0.3 is 0 Å². The number of rotatable bonds is 9. The van der Waals surface area contributed by atoms with Crippen LogP contribution in [-0.2, 0) is 19.5 Å². The molecule has 0 spiro atoms. The predicted octanol–water partition coefficient (Wildman–Crippen LogP) is 5.80. The number of halogens is 3. The number of hydrogen-bond donors (Lipinski definition) is 2. The number of aromatic nitrogens is 3. The molecule has 2 aromatic carbocycles. The van der Waals surface area contributed by atoms with Crippen molar-refractivity contribution in [2.75, 3.05) is 26.8 Å². The number of hydrogen-bond acceptors (Lipinski definition) is 9. The van der Waals surface area contributed by atoms with Gasteiger partial charge in [0.05, 0.1) is 30.4 Å². The maximum atomic E-state index is 14.8. The summed E-state index contributed by atoms with van der Waals surface area (Å²) in [5.41, 5.74) is 3.85. The Kier molecular flexibility index (Phi) is 8.67. The molecule has 4 heterocycles. The van der Waals surface area contributed by atoms with Crippen molar-refractivity contribution in [3.63, 3.8) is 0 Å². The Hall–Kier alpha value is -4.00. The van der Waals surface area contributed by atoms with Gasteiger partial charge in [-0.2, -0.15) is 4.98 Å². The first-order valence-electron chi connectivity index (χ1n) is 15.3. The highest BCUT2D eigenvalue weighted by Crippen LogP contribution is 2.45. The lowest BCUT2D eigenvalue weighted by Gasteiger charge is -2.20. The third-order valence-electron chi connectivity index (χ3n) is 8.72. The zero-order chi connectivity index (χ0) is 32.8. The van der Waals surface area contributed by atoms with E-state index in [9.17, 15) is 19.4 Å². The average molecular weight is 682 g/mol. The monoisotopic (exact) mass is 680 g/mol. The highest BCUT2D eigenvalue weighted by molar-refractivity contribution is 6.36. The van der Waals surface area contributed by atoms with Crippen LogP contribution in [0.1, 0.15) is 35.6 Å². The number of pyridine rings is 2. The zero-order valence-corrected chi connectivity index (χ0v) is 26.9. The number of benzene rings is 2. The minimum atomic E-state index is -0.765. The van der Waals surface area contributed by atoms with E-state index >= 15 is 0 Å². The quantitative estimate of drug-likeness (QED) is 0.199. The molecule has 0 amide bonds. The Labute approximate surface area is 278 Å². The number of aliphatic hydroxyl groups excluding tert-OH is 2. The summed E-state index contributed by atoms with van der Waals surface area (Å²) in [5.74, 6) is -0.0531. The van der Waals surface area contributed by atoms with Crippen LogP contribution in [0.3, 0.4) is 0 Å². The van der Waals surface area contributed by atoms with E-state index in [-0.39, 0.29) is 48.2 Å². The maximum absolute atomic E-state index is 14.8. The van der Waals surface area contributed by atoms with Gasteiger partial charge in [0.2, 0.25) is 17.7 Å². The van der Waals surface area contributed by atoms with Crippen LogP contribution in [0.25, 0.3) is 33.7 Å². The number of ether oxygens (including phenoxy) is 2. The highest BCUT2D eigenvalue weighted by atomic mass is 35.5. The topological polar surface area (TPSA) is 123 Å². The molecule has 0 bridgehead atoms. The molecule has 2 atom stereocenters. The van der Waals surface area contributed by atoms with Crippen molar-refractivity contribution in [3.05, 3.63) is 91.6 Å². The first-order valence-corrected chi connectivity index (χ1v) is 16.0. The number of likely N-dealkylation sites (tertiary alicyclic amines) is 1. The fourth-order valence-electron chi connectivity index (χ4n) is 6.50. The highest BCUT2D eigenvalue weighted by Gasteiger charge is 2.30. The molecule has 0 radical (unpaired) electrons. The largest absolute Gasteiger partial charge is 0.481 e. The lowest BCUT2D eigenvalue weighted by Crippen LogP contribution is -2.22. The number of fused-ring (bicyclic) bond motifs is 2. The Morgan fingerprint density at radius 2 is 1.87 bits per heavy atom. The summed E-state index contributed by atoms with van der Waals surface area (Å²) < 4.78 is 33.6. The Morgan fingerprint density at radius 3 is 2.64 bits per heavy atom. The first-order chi connectivity index (χ1) is 22.7. The van der Waals surface area contributed by atoms with Crippen molar-refractivity contribution in [3.8, 4) is 34.3 Å². The Morgan fingerprint density at radius 1 is 1.09 bits per heavy atom. The molecule has 2 N–H and O–H groups in total. The molecule has 1 aliphatic heterocycles.